The van der Waals surface area contributed by atoms with Gasteiger partial charge in [0, 0.05) is 24.3 Å². The third-order valence-corrected chi connectivity index (χ3v) is 7.41. The molecule has 2 aromatic carbocycles. The van der Waals surface area contributed by atoms with E-state index in [2.05, 4.69) is 0 Å². The quantitative estimate of drug-likeness (QED) is 0.457. The van der Waals surface area contributed by atoms with E-state index in [9.17, 15) is 9.90 Å². The summed E-state index contributed by atoms with van der Waals surface area (Å²) in [5.74, 6) is -0.182. The fourth-order valence-corrected chi connectivity index (χ4v) is 5.06. The Kier molecular flexibility index (Phi) is 8.36. The molecular formula is C28H35FO7. The third kappa shape index (κ3) is 5.44. The smallest absolute Gasteiger partial charge is 0.313 e. The van der Waals surface area contributed by atoms with E-state index in [1.807, 2.05) is 6.07 Å². The summed E-state index contributed by atoms with van der Waals surface area (Å²) in [5, 5.41) is 9.85. The largest absolute Gasteiger partial charge is 0.496 e. The molecule has 0 unspecified atom stereocenters. The van der Waals surface area contributed by atoms with Crippen molar-refractivity contribution in [3.8, 4) is 28.4 Å². The summed E-state index contributed by atoms with van der Waals surface area (Å²) >= 11 is 0. The highest BCUT2D eigenvalue weighted by Gasteiger charge is 2.41. The summed E-state index contributed by atoms with van der Waals surface area (Å²) in [7, 11) is 2.98. The van der Waals surface area contributed by atoms with Crippen molar-refractivity contribution < 1.29 is 38.0 Å². The summed E-state index contributed by atoms with van der Waals surface area (Å²) in [6.07, 6.45) is 5.26. The van der Waals surface area contributed by atoms with Gasteiger partial charge in [-0.15, -0.1) is 0 Å². The minimum Gasteiger partial charge on any atom is -0.496 e. The van der Waals surface area contributed by atoms with Crippen LogP contribution in [0.4, 0.5) is 4.39 Å². The maximum atomic E-state index is 15.6. The normalized spacial score (nSPS) is 17.7. The number of methoxy groups -OCH3 is 2. The molecule has 196 valence electrons. The number of ether oxygens (including phenoxy) is 5. The first-order valence-corrected chi connectivity index (χ1v) is 12.5. The van der Waals surface area contributed by atoms with Crippen LogP contribution < -0.4 is 14.2 Å². The van der Waals surface area contributed by atoms with Crippen molar-refractivity contribution in [3.63, 3.8) is 0 Å². The Morgan fingerprint density at radius 2 is 1.83 bits per heavy atom. The number of aliphatic carboxylic acids is 1. The highest BCUT2D eigenvalue weighted by atomic mass is 19.1. The molecule has 0 radical (unpaired) electrons. The Morgan fingerprint density at radius 1 is 1.11 bits per heavy atom. The van der Waals surface area contributed by atoms with Crippen LogP contribution in [-0.2, 0) is 20.9 Å². The zero-order valence-corrected chi connectivity index (χ0v) is 21.2. The van der Waals surface area contributed by atoms with E-state index in [0.29, 0.717) is 54.2 Å². The van der Waals surface area contributed by atoms with E-state index < -0.39 is 17.2 Å². The van der Waals surface area contributed by atoms with Gasteiger partial charge in [0.2, 0.25) is 0 Å². The van der Waals surface area contributed by atoms with Gasteiger partial charge in [-0.25, -0.2) is 4.39 Å². The SMILES string of the molecule is COc1cc(-c2ccc(OCC3(C(=O)O)CCOCC3)cc2COC2CCCC2)c(F)c(OC)c1C. The number of hydrogen-bond donors (Lipinski definition) is 1. The molecule has 1 saturated carbocycles. The molecule has 1 N–H and O–H groups in total. The molecule has 2 aromatic rings. The molecular weight excluding hydrogens is 467 g/mol. The lowest BCUT2D eigenvalue weighted by Gasteiger charge is -2.32. The Hall–Kier alpha value is -2.84. The third-order valence-electron chi connectivity index (χ3n) is 7.41. The fourth-order valence-electron chi connectivity index (χ4n) is 5.06. The summed E-state index contributed by atoms with van der Waals surface area (Å²) in [6.45, 7) is 2.86. The van der Waals surface area contributed by atoms with E-state index >= 15 is 4.39 Å². The van der Waals surface area contributed by atoms with E-state index in [0.717, 1.165) is 31.2 Å². The number of halogens is 1. The van der Waals surface area contributed by atoms with Gasteiger partial charge in [-0.05, 0) is 61.9 Å². The van der Waals surface area contributed by atoms with Gasteiger partial charge < -0.3 is 28.8 Å². The predicted octanol–water partition coefficient (Wildman–Crippen LogP) is 5.54. The zero-order chi connectivity index (χ0) is 25.7. The summed E-state index contributed by atoms with van der Waals surface area (Å²) < 4.78 is 43.9. The molecule has 0 spiro atoms. The van der Waals surface area contributed by atoms with Gasteiger partial charge in [-0.2, -0.15) is 0 Å². The van der Waals surface area contributed by atoms with Gasteiger partial charge in [0.05, 0.1) is 26.9 Å². The number of carboxylic acids is 1. The van der Waals surface area contributed by atoms with Crippen LogP contribution in [0.1, 0.15) is 49.7 Å². The lowest BCUT2D eigenvalue weighted by molar-refractivity contribution is -0.157. The van der Waals surface area contributed by atoms with Crippen molar-refractivity contribution in [3.05, 3.63) is 41.2 Å². The number of carboxylic acid groups (broad SMARTS) is 1. The Balaban J connectivity index is 1.67. The lowest BCUT2D eigenvalue weighted by atomic mass is 9.81. The highest BCUT2D eigenvalue weighted by molar-refractivity contribution is 5.75. The molecule has 2 aliphatic rings. The monoisotopic (exact) mass is 502 g/mol. The molecule has 1 saturated heterocycles. The van der Waals surface area contributed by atoms with E-state index in [1.54, 1.807) is 32.2 Å². The second-order valence-corrected chi connectivity index (χ2v) is 9.62. The molecule has 4 rings (SSSR count). The number of hydrogen-bond acceptors (Lipinski definition) is 6. The van der Waals surface area contributed by atoms with Crippen LogP contribution in [0.15, 0.2) is 24.3 Å². The molecule has 0 amide bonds. The lowest BCUT2D eigenvalue weighted by Crippen LogP contribution is -2.42. The summed E-state index contributed by atoms with van der Waals surface area (Å²) in [6, 6.07) is 7.01. The first-order chi connectivity index (χ1) is 17.4. The molecule has 2 fully saturated rings. The minimum absolute atomic E-state index is 0.0362. The molecule has 36 heavy (non-hydrogen) atoms. The predicted molar refractivity (Wildman–Crippen MR) is 132 cm³/mol. The van der Waals surface area contributed by atoms with E-state index in [1.165, 1.54) is 7.11 Å². The van der Waals surface area contributed by atoms with Crippen molar-refractivity contribution >= 4 is 5.97 Å². The van der Waals surface area contributed by atoms with Crippen LogP contribution in [0.25, 0.3) is 11.1 Å². The second-order valence-electron chi connectivity index (χ2n) is 9.62. The maximum Gasteiger partial charge on any atom is 0.313 e. The van der Waals surface area contributed by atoms with Crippen LogP contribution in [0.2, 0.25) is 0 Å². The molecule has 1 aliphatic heterocycles. The van der Waals surface area contributed by atoms with E-state index in [4.69, 9.17) is 23.7 Å². The standard InChI is InChI=1S/C28H35FO7/c1-18-24(32-2)15-23(25(29)26(18)33-3)22-9-8-21(14-19(22)16-35-20-6-4-5-7-20)36-17-28(27(30)31)10-12-34-13-11-28/h8-9,14-15,20H,4-7,10-13,16-17H2,1-3H3,(H,30,31). The van der Waals surface area contributed by atoms with Gasteiger partial charge >= 0.3 is 5.97 Å². The molecule has 1 aliphatic carbocycles. The topological polar surface area (TPSA) is 83.5 Å². The summed E-state index contributed by atoms with van der Waals surface area (Å²) in [5.41, 5.74) is 1.34. The Labute approximate surface area is 211 Å². The van der Waals surface area contributed by atoms with Crippen LogP contribution in [0.3, 0.4) is 0 Å². The number of carbonyl (C=O) groups is 1. The molecule has 0 atom stereocenters. The van der Waals surface area contributed by atoms with Crippen molar-refractivity contribution in [1.29, 1.82) is 0 Å². The van der Waals surface area contributed by atoms with Crippen molar-refractivity contribution in [2.75, 3.05) is 34.0 Å². The van der Waals surface area contributed by atoms with Gasteiger partial charge in [0.1, 0.15) is 23.5 Å². The molecule has 0 bridgehead atoms. The van der Waals surface area contributed by atoms with Crippen LogP contribution in [0, 0.1) is 18.2 Å². The highest BCUT2D eigenvalue weighted by Crippen LogP contribution is 2.41. The van der Waals surface area contributed by atoms with Crippen molar-refractivity contribution in [2.45, 2.75) is 58.2 Å². The molecule has 8 heteroatoms. The van der Waals surface area contributed by atoms with Crippen LogP contribution >= 0.6 is 0 Å². The van der Waals surface area contributed by atoms with Gasteiger partial charge in [0.25, 0.3) is 0 Å². The number of rotatable bonds is 10. The maximum absolute atomic E-state index is 15.6. The van der Waals surface area contributed by atoms with Gasteiger partial charge in [0.15, 0.2) is 11.6 Å². The average molecular weight is 503 g/mol. The van der Waals surface area contributed by atoms with Crippen molar-refractivity contribution in [2.24, 2.45) is 5.41 Å². The van der Waals surface area contributed by atoms with Gasteiger partial charge in [-0.1, -0.05) is 18.9 Å². The van der Waals surface area contributed by atoms with Crippen LogP contribution in [-0.4, -0.2) is 51.2 Å². The minimum atomic E-state index is -0.985. The zero-order valence-electron chi connectivity index (χ0n) is 21.2. The molecule has 0 aromatic heterocycles. The fraction of sp³-hybridized carbons (Fsp3) is 0.536. The van der Waals surface area contributed by atoms with E-state index in [-0.39, 0.29) is 25.1 Å². The van der Waals surface area contributed by atoms with Crippen LogP contribution in [0.5, 0.6) is 17.2 Å². The molecule has 1 heterocycles. The number of benzene rings is 2. The Bertz CT molecular complexity index is 1070. The first kappa shape index (κ1) is 26.2. The molecule has 7 nitrogen and oxygen atoms in total. The van der Waals surface area contributed by atoms with Gasteiger partial charge in [-0.3, -0.25) is 4.79 Å². The first-order valence-electron chi connectivity index (χ1n) is 12.5. The second kappa shape index (κ2) is 11.5. The average Bonchev–Trinajstić information content (AvgIpc) is 3.41. The Morgan fingerprint density at radius 3 is 2.47 bits per heavy atom. The summed E-state index contributed by atoms with van der Waals surface area (Å²) in [4.78, 5) is 12.0. The van der Waals surface area contributed by atoms with Crippen molar-refractivity contribution in [1.82, 2.24) is 0 Å².